The molecule has 240 valence electrons. The molecule has 0 aliphatic heterocycles. The quantitative estimate of drug-likeness (QED) is 0.110. The van der Waals surface area contributed by atoms with Crippen molar-refractivity contribution >= 4 is 48.8 Å². The number of fused-ring (bicyclic) bond motifs is 1. The van der Waals surface area contributed by atoms with Crippen LogP contribution in [-0.4, -0.2) is 92.2 Å². The molecule has 2 heterocycles. The molecule has 0 bridgehead atoms. The van der Waals surface area contributed by atoms with Gasteiger partial charge in [0.25, 0.3) is 0 Å². The third kappa shape index (κ3) is 15.5. The summed E-state index contributed by atoms with van der Waals surface area (Å²) in [4.78, 5) is 54.3. The number of hydrogen-bond acceptors (Lipinski definition) is 16. The Bertz CT molecular complexity index is 1250. The van der Waals surface area contributed by atoms with Crippen molar-refractivity contribution in [2.75, 3.05) is 25.7 Å². The molecular formula is C23H34N5O14P. The van der Waals surface area contributed by atoms with Crippen molar-refractivity contribution in [3.8, 4) is 0 Å². The molecule has 0 aliphatic carbocycles. The molecular weight excluding hydrogens is 601 g/mol. The minimum atomic E-state index is -4.06. The van der Waals surface area contributed by atoms with Gasteiger partial charge < -0.3 is 44.2 Å². The number of carboxylic acids is 2. The van der Waals surface area contributed by atoms with Crippen molar-refractivity contribution in [3.05, 3.63) is 24.8 Å². The molecule has 1 unspecified atom stereocenters. The molecule has 2 aromatic heterocycles. The third-order valence-electron chi connectivity index (χ3n) is 4.29. The molecule has 0 fully saturated rings. The van der Waals surface area contributed by atoms with Gasteiger partial charge in [-0.2, -0.15) is 0 Å². The summed E-state index contributed by atoms with van der Waals surface area (Å²) in [5.41, 5.74) is 6.72. The maximum atomic E-state index is 13.1. The largest absolute Gasteiger partial charge is 0.510 e. The Morgan fingerprint density at radius 3 is 1.88 bits per heavy atom. The number of hydrogen-bond donors (Lipinski definition) is 3. The maximum absolute atomic E-state index is 13.1. The molecule has 20 heteroatoms. The summed E-state index contributed by atoms with van der Waals surface area (Å²) >= 11 is 0. The van der Waals surface area contributed by atoms with E-state index in [1.54, 1.807) is 39.2 Å². The van der Waals surface area contributed by atoms with E-state index in [0.29, 0.717) is 23.3 Å². The van der Waals surface area contributed by atoms with Crippen LogP contribution in [0.25, 0.3) is 11.2 Å². The number of carboxylic acid groups (broad SMARTS) is 2. The minimum Gasteiger partial charge on any atom is -0.478 e. The molecule has 0 saturated heterocycles. The van der Waals surface area contributed by atoms with Gasteiger partial charge in [0.1, 0.15) is 18.2 Å². The molecule has 19 nitrogen and oxygen atoms in total. The molecule has 0 saturated carbocycles. The van der Waals surface area contributed by atoms with Gasteiger partial charge >= 0.3 is 31.8 Å². The summed E-state index contributed by atoms with van der Waals surface area (Å²) in [7, 11) is -4.06. The van der Waals surface area contributed by atoms with Crippen LogP contribution < -0.4 is 5.73 Å². The number of carbonyl (C=O) groups is 4. The normalized spacial score (nSPS) is 12.1. The average Bonchev–Trinajstić information content (AvgIpc) is 3.30. The fraction of sp³-hybridized carbons (Fsp3) is 0.522. The first-order valence-electron chi connectivity index (χ1n) is 12.3. The number of aromatic nitrogens is 4. The van der Waals surface area contributed by atoms with Crippen LogP contribution in [0.5, 0.6) is 0 Å². The maximum Gasteiger partial charge on any atom is 0.510 e. The van der Waals surface area contributed by atoms with E-state index in [1.165, 1.54) is 12.7 Å². The Hall–Kier alpha value is -4.32. The Balaban J connectivity index is 0.00000101. The second-order valence-corrected chi connectivity index (χ2v) is 10.7. The van der Waals surface area contributed by atoms with Crippen molar-refractivity contribution < 1.29 is 66.7 Å². The van der Waals surface area contributed by atoms with Crippen LogP contribution in [0, 0.1) is 0 Å². The second kappa shape index (κ2) is 18.3. The Kier molecular flexibility index (Phi) is 15.6. The fourth-order valence-corrected chi connectivity index (χ4v) is 3.68. The molecule has 2 aromatic rings. The lowest BCUT2D eigenvalue weighted by Gasteiger charge is -2.21. The molecule has 0 amide bonds. The predicted octanol–water partition coefficient (Wildman–Crippen LogP) is 2.75. The number of imidazole rings is 1. The predicted molar refractivity (Wildman–Crippen MR) is 144 cm³/mol. The smallest absolute Gasteiger partial charge is 0.478 e. The number of nitrogens with two attached hydrogens (primary N) is 1. The Morgan fingerprint density at radius 1 is 0.907 bits per heavy atom. The van der Waals surface area contributed by atoms with E-state index >= 15 is 0 Å². The second-order valence-electron chi connectivity index (χ2n) is 8.67. The summed E-state index contributed by atoms with van der Waals surface area (Å²) in [5.74, 6) is -2.28. The van der Waals surface area contributed by atoms with E-state index < -0.39 is 70.1 Å². The first kappa shape index (κ1) is 36.7. The highest BCUT2D eigenvalue weighted by Gasteiger charge is 2.29. The van der Waals surface area contributed by atoms with Gasteiger partial charge in [0.15, 0.2) is 11.5 Å². The van der Waals surface area contributed by atoms with Crippen LogP contribution in [0.4, 0.5) is 15.4 Å². The number of ether oxygens (including phenoxy) is 5. The number of nitrogens with zero attached hydrogens (tertiary/aromatic N) is 4. The van der Waals surface area contributed by atoms with Gasteiger partial charge in [-0.05, 0) is 34.6 Å². The van der Waals surface area contributed by atoms with E-state index in [-0.39, 0.29) is 12.4 Å². The zero-order chi connectivity index (χ0) is 32.6. The van der Waals surface area contributed by atoms with E-state index in [0.717, 1.165) is 0 Å². The lowest BCUT2D eigenvalue weighted by Crippen LogP contribution is -2.20. The molecule has 1 atom stereocenters. The van der Waals surface area contributed by atoms with Crippen LogP contribution in [-0.2, 0) is 53.4 Å². The fourth-order valence-electron chi connectivity index (χ4n) is 2.60. The van der Waals surface area contributed by atoms with Crippen LogP contribution in [0.2, 0.25) is 0 Å². The lowest BCUT2D eigenvalue weighted by molar-refractivity contribution is -0.134. The summed E-state index contributed by atoms with van der Waals surface area (Å²) < 4.78 is 49.7. The SMILES string of the molecule is CC(C)OC(=O)OCOP(=O)(COC(C)Cn1cnc2c(N)ncnc21)OCOC(=O)OC(C)C.O=C(O)C=CC(=O)O. The first-order chi connectivity index (χ1) is 20.1. The average molecular weight is 636 g/mol. The van der Waals surface area contributed by atoms with Crippen LogP contribution >= 0.6 is 7.60 Å². The monoisotopic (exact) mass is 635 g/mol. The topological polar surface area (TPSA) is 260 Å². The molecule has 0 spiro atoms. The zero-order valence-electron chi connectivity index (χ0n) is 24.0. The van der Waals surface area contributed by atoms with E-state index in [4.69, 9.17) is 48.7 Å². The number of aliphatic carboxylic acids is 2. The molecule has 0 radical (unpaired) electrons. The van der Waals surface area contributed by atoms with Gasteiger partial charge in [-0.3, -0.25) is 13.6 Å². The minimum absolute atomic E-state index is 0.237. The van der Waals surface area contributed by atoms with Crippen molar-refractivity contribution in [2.24, 2.45) is 0 Å². The number of nitrogen functional groups attached to an aromatic ring is 1. The zero-order valence-corrected chi connectivity index (χ0v) is 24.9. The highest BCUT2D eigenvalue weighted by molar-refractivity contribution is 7.53. The van der Waals surface area contributed by atoms with Gasteiger partial charge in [0.05, 0.1) is 31.2 Å². The summed E-state index contributed by atoms with van der Waals surface area (Å²) in [5, 5.41) is 15.6. The summed E-state index contributed by atoms with van der Waals surface area (Å²) in [6.45, 7) is 6.98. The van der Waals surface area contributed by atoms with Gasteiger partial charge in [-0.25, -0.2) is 34.1 Å². The Labute approximate surface area is 245 Å². The number of carbonyl (C=O) groups excluding carboxylic acids is 2. The van der Waals surface area contributed by atoms with Crippen molar-refractivity contribution in [1.29, 1.82) is 0 Å². The van der Waals surface area contributed by atoms with Crippen LogP contribution in [0.1, 0.15) is 34.6 Å². The molecule has 0 aromatic carbocycles. The number of rotatable bonds is 15. The van der Waals surface area contributed by atoms with E-state index in [1.807, 2.05) is 0 Å². The van der Waals surface area contributed by atoms with Gasteiger partial charge in [0.2, 0.25) is 13.6 Å². The highest BCUT2D eigenvalue weighted by atomic mass is 31.2. The molecule has 4 N–H and O–H groups in total. The lowest BCUT2D eigenvalue weighted by atomic mass is 10.4. The molecule has 2 rings (SSSR count). The summed E-state index contributed by atoms with van der Waals surface area (Å²) in [6.07, 6.45) is -0.0196. The van der Waals surface area contributed by atoms with Gasteiger partial charge in [0, 0.05) is 12.2 Å². The van der Waals surface area contributed by atoms with Gasteiger partial charge in [-0.15, -0.1) is 0 Å². The molecule has 43 heavy (non-hydrogen) atoms. The van der Waals surface area contributed by atoms with Crippen molar-refractivity contribution in [3.63, 3.8) is 0 Å². The third-order valence-corrected chi connectivity index (χ3v) is 5.75. The van der Waals surface area contributed by atoms with Crippen molar-refractivity contribution in [2.45, 2.75) is 59.5 Å². The van der Waals surface area contributed by atoms with Gasteiger partial charge in [-0.1, -0.05) is 0 Å². The Morgan fingerprint density at radius 2 is 1.42 bits per heavy atom. The highest BCUT2D eigenvalue weighted by Crippen LogP contribution is 2.48. The van der Waals surface area contributed by atoms with Crippen molar-refractivity contribution in [1.82, 2.24) is 19.5 Å². The molecule has 0 aliphatic rings. The van der Waals surface area contributed by atoms with Crippen LogP contribution in [0.3, 0.4) is 0 Å². The standard InChI is InChI=1S/C19H30N5O10P.C4H4O4/c1-12(2)33-18(25)28-9-31-35(27,32-10-29-19(26)34-13(3)4)11-30-14(5)6-24-8-23-15-16(20)21-7-22-17(15)24;5-3(6)1-2-4(7)8/h7-8,12-14H,6,9-11H2,1-5H3,(H2,20,21,22);1-2H,(H,5,6)(H,7,8). The van der Waals surface area contributed by atoms with E-state index in [9.17, 15) is 23.7 Å². The summed E-state index contributed by atoms with van der Waals surface area (Å²) in [6, 6.07) is 0. The number of anilines is 1. The van der Waals surface area contributed by atoms with E-state index in [2.05, 4.69) is 15.0 Å². The van der Waals surface area contributed by atoms with Crippen LogP contribution in [0.15, 0.2) is 24.8 Å². The first-order valence-corrected chi connectivity index (χ1v) is 14.1.